The second-order valence-electron chi connectivity index (χ2n) is 2.76. The zero-order valence-electron chi connectivity index (χ0n) is 7.86. The minimum atomic E-state index is -0.698. The standard InChI is InChI=1S/C9H13N3OS/c1-14-7-4-2-6(3-5-7)8(10)9(13)12-11/h2-5,8H,10-11H2,1H3,(H,12,13). The summed E-state index contributed by atoms with van der Waals surface area (Å²) in [5.41, 5.74) is 8.42. The molecule has 1 aromatic rings. The van der Waals surface area contributed by atoms with Gasteiger partial charge in [0, 0.05) is 4.90 Å². The summed E-state index contributed by atoms with van der Waals surface area (Å²) in [7, 11) is 0. The van der Waals surface area contributed by atoms with Gasteiger partial charge in [0.05, 0.1) is 0 Å². The number of hydrogen-bond donors (Lipinski definition) is 3. The third-order valence-corrected chi connectivity index (χ3v) is 2.64. The Kier molecular flexibility index (Phi) is 3.94. The quantitative estimate of drug-likeness (QED) is 0.292. The third kappa shape index (κ3) is 2.47. The largest absolute Gasteiger partial charge is 0.316 e. The molecule has 5 N–H and O–H groups in total. The highest BCUT2D eigenvalue weighted by atomic mass is 32.2. The molecule has 1 amide bonds. The van der Waals surface area contributed by atoms with Crippen molar-refractivity contribution >= 4 is 17.7 Å². The van der Waals surface area contributed by atoms with E-state index in [1.165, 1.54) is 0 Å². The SMILES string of the molecule is CSc1ccc(C(N)C(=O)NN)cc1. The van der Waals surface area contributed by atoms with Crippen molar-refractivity contribution in [3.05, 3.63) is 29.8 Å². The highest BCUT2D eigenvalue weighted by Gasteiger charge is 2.13. The van der Waals surface area contributed by atoms with E-state index in [-0.39, 0.29) is 5.91 Å². The first-order valence-corrected chi connectivity index (χ1v) is 5.31. The number of hydrazine groups is 1. The molecule has 0 bridgehead atoms. The van der Waals surface area contributed by atoms with Crippen LogP contribution >= 0.6 is 11.8 Å². The molecule has 0 fully saturated rings. The molecular formula is C9H13N3OS. The van der Waals surface area contributed by atoms with Crippen LogP contribution in [-0.4, -0.2) is 12.2 Å². The number of hydrogen-bond acceptors (Lipinski definition) is 4. The summed E-state index contributed by atoms with van der Waals surface area (Å²) < 4.78 is 0. The molecule has 0 aliphatic carbocycles. The number of thioether (sulfide) groups is 1. The van der Waals surface area contributed by atoms with Crippen LogP contribution in [0.2, 0.25) is 0 Å². The number of benzene rings is 1. The fourth-order valence-electron chi connectivity index (χ4n) is 1.05. The molecule has 5 heteroatoms. The topological polar surface area (TPSA) is 81.1 Å². The van der Waals surface area contributed by atoms with Gasteiger partial charge in [-0.25, -0.2) is 5.84 Å². The monoisotopic (exact) mass is 211 g/mol. The fraction of sp³-hybridized carbons (Fsp3) is 0.222. The average molecular weight is 211 g/mol. The van der Waals surface area contributed by atoms with E-state index in [4.69, 9.17) is 11.6 Å². The van der Waals surface area contributed by atoms with Gasteiger partial charge in [-0.3, -0.25) is 10.2 Å². The van der Waals surface area contributed by atoms with E-state index in [1.807, 2.05) is 35.9 Å². The Morgan fingerprint density at radius 1 is 1.43 bits per heavy atom. The van der Waals surface area contributed by atoms with Gasteiger partial charge in [0.1, 0.15) is 6.04 Å². The van der Waals surface area contributed by atoms with E-state index >= 15 is 0 Å². The van der Waals surface area contributed by atoms with E-state index in [1.54, 1.807) is 11.8 Å². The second kappa shape index (κ2) is 4.99. The van der Waals surface area contributed by atoms with Crippen molar-refractivity contribution in [1.82, 2.24) is 5.43 Å². The lowest BCUT2D eigenvalue weighted by Crippen LogP contribution is -2.38. The lowest BCUT2D eigenvalue weighted by Gasteiger charge is -2.10. The molecule has 1 aromatic carbocycles. The van der Waals surface area contributed by atoms with E-state index in [0.717, 1.165) is 10.5 Å². The molecular weight excluding hydrogens is 198 g/mol. The molecule has 0 heterocycles. The number of nitrogens with one attached hydrogen (secondary N) is 1. The first-order chi connectivity index (χ1) is 6.69. The van der Waals surface area contributed by atoms with Gasteiger partial charge in [0.2, 0.25) is 0 Å². The molecule has 0 aliphatic heterocycles. The molecule has 76 valence electrons. The molecule has 1 atom stereocenters. The lowest BCUT2D eigenvalue weighted by atomic mass is 10.1. The number of carbonyl (C=O) groups excluding carboxylic acids is 1. The van der Waals surface area contributed by atoms with E-state index in [0.29, 0.717) is 0 Å². The van der Waals surface area contributed by atoms with Crippen LogP contribution in [0.25, 0.3) is 0 Å². The summed E-state index contributed by atoms with van der Waals surface area (Å²) in [6, 6.07) is 6.79. The van der Waals surface area contributed by atoms with Gasteiger partial charge in [0.25, 0.3) is 5.91 Å². The van der Waals surface area contributed by atoms with Gasteiger partial charge in [-0.15, -0.1) is 11.8 Å². The van der Waals surface area contributed by atoms with Crippen molar-refractivity contribution in [3.8, 4) is 0 Å². The minimum Gasteiger partial charge on any atom is -0.316 e. The molecule has 0 radical (unpaired) electrons. The molecule has 0 saturated carbocycles. The van der Waals surface area contributed by atoms with Gasteiger partial charge in [-0.1, -0.05) is 12.1 Å². The zero-order chi connectivity index (χ0) is 10.6. The summed E-state index contributed by atoms with van der Waals surface area (Å²) in [5, 5.41) is 0. The van der Waals surface area contributed by atoms with Crippen LogP contribution in [0.5, 0.6) is 0 Å². The number of carbonyl (C=O) groups is 1. The third-order valence-electron chi connectivity index (χ3n) is 1.90. The lowest BCUT2D eigenvalue weighted by molar-refractivity contribution is -0.122. The summed E-state index contributed by atoms with van der Waals surface area (Å²) in [4.78, 5) is 12.2. The average Bonchev–Trinajstić information content (AvgIpc) is 2.27. The van der Waals surface area contributed by atoms with Gasteiger partial charge in [-0.2, -0.15) is 0 Å². The van der Waals surface area contributed by atoms with Crippen molar-refractivity contribution < 1.29 is 4.79 Å². The van der Waals surface area contributed by atoms with Crippen molar-refractivity contribution in [1.29, 1.82) is 0 Å². The van der Waals surface area contributed by atoms with Crippen molar-refractivity contribution in [2.24, 2.45) is 11.6 Å². The van der Waals surface area contributed by atoms with Gasteiger partial charge in [-0.05, 0) is 24.0 Å². The Morgan fingerprint density at radius 3 is 2.43 bits per heavy atom. The predicted molar refractivity (Wildman–Crippen MR) is 57.5 cm³/mol. The zero-order valence-corrected chi connectivity index (χ0v) is 8.67. The van der Waals surface area contributed by atoms with Gasteiger partial charge < -0.3 is 5.73 Å². The van der Waals surface area contributed by atoms with E-state index in [2.05, 4.69) is 0 Å². The van der Waals surface area contributed by atoms with Crippen LogP contribution in [0.4, 0.5) is 0 Å². The molecule has 0 aromatic heterocycles. The van der Waals surface area contributed by atoms with Crippen molar-refractivity contribution in [2.75, 3.05) is 6.26 Å². The maximum Gasteiger partial charge on any atom is 0.255 e. The number of rotatable bonds is 3. The van der Waals surface area contributed by atoms with Crippen LogP contribution < -0.4 is 17.0 Å². The predicted octanol–water partition coefficient (Wildman–Crippen LogP) is 0.398. The number of amides is 1. The van der Waals surface area contributed by atoms with Crippen molar-refractivity contribution in [3.63, 3.8) is 0 Å². The highest BCUT2D eigenvalue weighted by Crippen LogP contribution is 2.17. The summed E-state index contributed by atoms with van der Waals surface area (Å²) in [5.74, 6) is 4.60. The molecule has 1 unspecified atom stereocenters. The van der Waals surface area contributed by atoms with E-state index < -0.39 is 6.04 Å². The summed E-state index contributed by atoms with van der Waals surface area (Å²) >= 11 is 1.64. The van der Waals surface area contributed by atoms with Crippen molar-refractivity contribution in [2.45, 2.75) is 10.9 Å². The van der Waals surface area contributed by atoms with Crippen LogP contribution in [0, 0.1) is 0 Å². The normalized spacial score (nSPS) is 12.2. The molecule has 14 heavy (non-hydrogen) atoms. The Bertz CT molecular complexity index is 312. The highest BCUT2D eigenvalue weighted by molar-refractivity contribution is 7.98. The Balaban J connectivity index is 2.81. The maximum absolute atomic E-state index is 11.1. The first-order valence-electron chi connectivity index (χ1n) is 4.09. The summed E-state index contributed by atoms with van der Waals surface area (Å²) in [6.07, 6.45) is 1.99. The molecule has 0 saturated heterocycles. The molecule has 0 spiro atoms. The first kappa shape index (κ1) is 11.0. The minimum absolute atomic E-state index is 0.387. The summed E-state index contributed by atoms with van der Waals surface area (Å²) in [6.45, 7) is 0. The van der Waals surface area contributed by atoms with Crippen LogP contribution in [0.3, 0.4) is 0 Å². The Morgan fingerprint density at radius 2 is 2.00 bits per heavy atom. The maximum atomic E-state index is 11.1. The molecule has 1 rings (SSSR count). The smallest absolute Gasteiger partial charge is 0.255 e. The van der Waals surface area contributed by atoms with Crippen LogP contribution in [0.15, 0.2) is 29.2 Å². The Hall–Kier alpha value is -1.04. The Labute approximate surface area is 87.0 Å². The van der Waals surface area contributed by atoms with E-state index in [9.17, 15) is 4.79 Å². The molecule has 4 nitrogen and oxygen atoms in total. The number of nitrogens with two attached hydrogens (primary N) is 2. The van der Waals surface area contributed by atoms with Gasteiger partial charge in [0.15, 0.2) is 0 Å². The molecule has 0 aliphatic rings. The second-order valence-corrected chi connectivity index (χ2v) is 3.64. The van der Waals surface area contributed by atoms with Crippen LogP contribution in [0.1, 0.15) is 11.6 Å². The fourth-order valence-corrected chi connectivity index (χ4v) is 1.46. The van der Waals surface area contributed by atoms with Crippen LogP contribution in [-0.2, 0) is 4.79 Å². The van der Waals surface area contributed by atoms with Gasteiger partial charge >= 0.3 is 0 Å².